The molecule has 3 rings (SSSR count). The van der Waals surface area contributed by atoms with Crippen molar-refractivity contribution in [1.82, 2.24) is 9.80 Å². The predicted octanol–water partition coefficient (Wildman–Crippen LogP) is 2.92. The fourth-order valence-corrected chi connectivity index (χ4v) is 3.59. The van der Waals surface area contributed by atoms with Crippen molar-refractivity contribution >= 4 is 12.0 Å². The number of aromatic hydroxyl groups is 2. The van der Waals surface area contributed by atoms with Gasteiger partial charge in [0, 0.05) is 44.1 Å². The molecule has 29 heavy (non-hydrogen) atoms. The van der Waals surface area contributed by atoms with Crippen LogP contribution in [-0.4, -0.2) is 64.8 Å². The fourth-order valence-electron chi connectivity index (χ4n) is 3.59. The van der Waals surface area contributed by atoms with Crippen molar-refractivity contribution in [2.45, 2.75) is 19.3 Å². The molecular formula is C22H26N2O5. The molecular weight excluding hydrogens is 372 g/mol. The van der Waals surface area contributed by atoms with Gasteiger partial charge in [-0.3, -0.25) is 4.79 Å². The molecule has 1 aliphatic heterocycles. The van der Waals surface area contributed by atoms with Crippen LogP contribution in [0.2, 0.25) is 0 Å². The van der Waals surface area contributed by atoms with Crippen LogP contribution in [0, 0.1) is 0 Å². The summed E-state index contributed by atoms with van der Waals surface area (Å²) < 4.78 is 5.01. The van der Waals surface area contributed by atoms with Crippen LogP contribution in [0.1, 0.15) is 30.4 Å². The van der Waals surface area contributed by atoms with Crippen LogP contribution in [0.15, 0.2) is 48.5 Å². The number of benzene rings is 2. The third-order valence-electron chi connectivity index (χ3n) is 5.12. The summed E-state index contributed by atoms with van der Waals surface area (Å²) in [7, 11) is 0. The molecule has 0 radical (unpaired) electrons. The molecule has 0 spiro atoms. The summed E-state index contributed by atoms with van der Waals surface area (Å²) in [6.07, 6.45) is -0.202. The first kappa shape index (κ1) is 20.5. The van der Waals surface area contributed by atoms with Crippen LogP contribution < -0.4 is 0 Å². The zero-order chi connectivity index (χ0) is 20.8. The van der Waals surface area contributed by atoms with Gasteiger partial charge in [0.05, 0.1) is 6.61 Å². The van der Waals surface area contributed by atoms with Crippen LogP contribution in [0.4, 0.5) is 4.79 Å². The zero-order valence-electron chi connectivity index (χ0n) is 16.5. The molecule has 0 unspecified atom stereocenters. The summed E-state index contributed by atoms with van der Waals surface area (Å²) in [5, 5.41) is 20.2. The Bertz CT molecular complexity index is 862. The van der Waals surface area contributed by atoms with Crippen LogP contribution in [-0.2, 0) is 9.53 Å². The first-order valence-electron chi connectivity index (χ1n) is 9.76. The number of nitrogens with zero attached hydrogens (tertiary/aromatic N) is 2. The number of phenolic OH excluding ortho intramolecular Hbond substituents is 2. The molecule has 1 aliphatic rings. The van der Waals surface area contributed by atoms with Gasteiger partial charge < -0.3 is 24.7 Å². The smallest absolute Gasteiger partial charge is 0.409 e. The lowest BCUT2D eigenvalue weighted by Gasteiger charge is -2.35. The Morgan fingerprint density at radius 1 is 1.00 bits per heavy atom. The Morgan fingerprint density at radius 2 is 1.69 bits per heavy atom. The number of piperazine rings is 1. The van der Waals surface area contributed by atoms with Gasteiger partial charge in [-0.05, 0) is 30.7 Å². The van der Waals surface area contributed by atoms with Gasteiger partial charge in [0.1, 0.15) is 11.5 Å². The average molecular weight is 398 g/mol. The van der Waals surface area contributed by atoms with E-state index in [1.807, 2.05) is 12.1 Å². The lowest BCUT2D eigenvalue weighted by Crippen LogP contribution is -2.50. The summed E-state index contributed by atoms with van der Waals surface area (Å²) in [6, 6.07) is 13.7. The van der Waals surface area contributed by atoms with E-state index in [0.717, 1.165) is 5.56 Å². The lowest BCUT2D eigenvalue weighted by atomic mass is 9.87. The first-order chi connectivity index (χ1) is 14.0. The number of hydrogen-bond acceptors (Lipinski definition) is 5. The number of rotatable bonds is 5. The lowest BCUT2D eigenvalue weighted by molar-refractivity contribution is -0.133. The van der Waals surface area contributed by atoms with E-state index in [1.54, 1.807) is 53.1 Å². The number of para-hydroxylation sites is 1. The van der Waals surface area contributed by atoms with Gasteiger partial charge >= 0.3 is 6.09 Å². The van der Waals surface area contributed by atoms with Crippen molar-refractivity contribution < 1.29 is 24.5 Å². The second-order valence-corrected chi connectivity index (χ2v) is 6.98. The maximum atomic E-state index is 13.0. The van der Waals surface area contributed by atoms with Gasteiger partial charge in [-0.2, -0.15) is 0 Å². The van der Waals surface area contributed by atoms with E-state index in [4.69, 9.17) is 4.74 Å². The van der Waals surface area contributed by atoms with Crippen LogP contribution in [0.5, 0.6) is 11.5 Å². The Kier molecular flexibility index (Phi) is 6.59. The molecule has 2 aromatic carbocycles. The first-order valence-corrected chi connectivity index (χ1v) is 9.76. The van der Waals surface area contributed by atoms with E-state index in [-0.39, 0.29) is 35.8 Å². The number of hydrogen-bond donors (Lipinski definition) is 2. The third kappa shape index (κ3) is 4.99. The van der Waals surface area contributed by atoms with E-state index < -0.39 is 0 Å². The third-order valence-corrected chi connectivity index (χ3v) is 5.12. The quantitative estimate of drug-likeness (QED) is 0.808. The number of ether oxygens (including phenoxy) is 1. The molecule has 7 heteroatoms. The average Bonchev–Trinajstić information content (AvgIpc) is 2.73. The molecule has 7 nitrogen and oxygen atoms in total. The normalized spacial score (nSPS) is 15.1. The molecule has 0 aliphatic carbocycles. The van der Waals surface area contributed by atoms with Crippen molar-refractivity contribution in [3.8, 4) is 11.5 Å². The highest BCUT2D eigenvalue weighted by atomic mass is 16.6. The minimum atomic E-state index is -0.390. The summed E-state index contributed by atoms with van der Waals surface area (Å²) in [5.74, 6) is -0.233. The SMILES string of the molecule is CCOC(=O)N1CCN(C(=O)C[C@H](c2cccc(O)c2)c2ccccc2O)CC1. The van der Waals surface area contributed by atoms with Gasteiger partial charge in [-0.25, -0.2) is 4.79 Å². The second-order valence-electron chi connectivity index (χ2n) is 6.98. The van der Waals surface area contributed by atoms with E-state index >= 15 is 0 Å². The second kappa shape index (κ2) is 9.32. The van der Waals surface area contributed by atoms with Crippen LogP contribution >= 0.6 is 0 Å². The highest BCUT2D eigenvalue weighted by molar-refractivity contribution is 5.78. The van der Waals surface area contributed by atoms with E-state index in [1.165, 1.54) is 0 Å². The zero-order valence-corrected chi connectivity index (χ0v) is 16.5. The molecule has 2 amide bonds. The number of amides is 2. The Labute approximate surface area is 170 Å². The van der Waals surface area contributed by atoms with Crippen molar-refractivity contribution in [3.05, 3.63) is 59.7 Å². The number of phenols is 2. The molecule has 1 fully saturated rings. The summed E-state index contributed by atoms with van der Waals surface area (Å²) in [6.45, 7) is 3.81. The molecule has 1 heterocycles. The summed E-state index contributed by atoms with van der Waals surface area (Å²) >= 11 is 0. The van der Waals surface area contributed by atoms with Crippen molar-refractivity contribution in [2.75, 3.05) is 32.8 Å². The highest BCUT2D eigenvalue weighted by Crippen LogP contribution is 2.35. The predicted molar refractivity (Wildman–Crippen MR) is 108 cm³/mol. The topological polar surface area (TPSA) is 90.3 Å². The Morgan fingerprint density at radius 3 is 2.34 bits per heavy atom. The van der Waals surface area contributed by atoms with E-state index in [0.29, 0.717) is 38.3 Å². The molecule has 1 saturated heterocycles. The maximum Gasteiger partial charge on any atom is 0.409 e. The Balaban J connectivity index is 1.74. The monoisotopic (exact) mass is 398 g/mol. The molecule has 154 valence electrons. The van der Waals surface area contributed by atoms with Gasteiger partial charge in [0.2, 0.25) is 5.91 Å². The van der Waals surface area contributed by atoms with E-state index in [9.17, 15) is 19.8 Å². The maximum absolute atomic E-state index is 13.0. The van der Waals surface area contributed by atoms with Gasteiger partial charge in [-0.15, -0.1) is 0 Å². The summed E-state index contributed by atoms with van der Waals surface area (Å²) in [4.78, 5) is 28.2. The van der Waals surface area contributed by atoms with Crippen molar-refractivity contribution in [1.29, 1.82) is 0 Å². The fraction of sp³-hybridized carbons (Fsp3) is 0.364. The minimum Gasteiger partial charge on any atom is -0.508 e. The van der Waals surface area contributed by atoms with Crippen molar-refractivity contribution in [3.63, 3.8) is 0 Å². The number of carbonyl (C=O) groups is 2. The summed E-state index contributed by atoms with van der Waals surface area (Å²) in [5.41, 5.74) is 1.39. The molecule has 0 aromatic heterocycles. The van der Waals surface area contributed by atoms with E-state index in [2.05, 4.69) is 0 Å². The van der Waals surface area contributed by atoms with Gasteiger partial charge in [0.25, 0.3) is 0 Å². The number of carbonyl (C=O) groups excluding carboxylic acids is 2. The largest absolute Gasteiger partial charge is 0.508 e. The van der Waals surface area contributed by atoms with Crippen LogP contribution in [0.3, 0.4) is 0 Å². The molecule has 0 saturated carbocycles. The molecule has 0 bridgehead atoms. The van der Waals surface area contributed by atoms with Crippen molar-refractivity contribution in [2.24, 2.45) is 0 Å². The van der Waals surface area contributed by atoms with Crippen LogP contribution in [0.25, 0.3) is 0 Å². The molecule has 1 atom stereocenters. The molecule has 2 aromatic rings. The molecule has 2 N–H and O–H groups in total. The van der Waals surface area contributed by atoms with Gasteiger partial charge in [0.15, 0.2) is 0 Å². The minimum absolute atomic E-state index is 0.0647. The Hall–Kier alpha value is -3.22. The standard InChI is InChI=1S/C22H26N2O5/c1-2-29-22(28)24-12-10-23(11-13-24)21(27)15-19(16-6-5-7-17(25)14-16)18-8-3-4-9-20(18)26/h3-9,14,19,25-26H,2,10-13,15H2,1H3/t19-/m1/s1. The van der Waals surface area contributed by atoms with Gasteiger partial charge in [-0.1, -0.05) is 30.3 Å². The highest BCUT2D eigenvalue weighted by Gasteiger charge is 2.28.